The Labute approximate surface area is 97.7 Å². The summed E-state index contributed by atoms with van der Waals surface area (Å²) in [5, 5.41) is 11.0. The molecular weight excluding hydrogens is 228 g/mol. The second kappa shape index (κ2) is 5.41. The Morgan fingerprint density at radius 3 is 3.06 bits per heavy atom. The van der Waals surface area contributed by atoms with Gasteiger partial charge in [0.05, 0.1) is 6.20 Å². The van der Waals surface area contributed by atoms with E-state index in [0.29, 0.717) is 0 Å². The summed E-state index contributed by atoms with van der Waals surface area (Å²) in [6, 6.07) is 1.78. The molecule has 2 aromatic heterocycles. The number of hydrogen-bond acceptors (Lipinski definition) is 5. The molecule has 84 valence electrons. The van der Waals surface area contributed by atoms with Crippen LogP contribution in [0.3, 0.4) is 0 Å². The molecule has 0 amide bonds. The van der Waals surface area contributed by atoms with E-state index in [9.17, 15) is 0 Å². The van der Waals surface area contributed by atoms with Gasteiger partial charge in [-0.15, -0.1) is 5.10 Å². The second-order valence-electron chi connectivity index (χ2n) is 3.16. The number of nitrogens with one attached hydrogen (secondary N) is 1. The van der Waals surface area contributed by atoms with Crippen molar-refractivity contribution in [2.75, 3.05) is 11.9 Å². The fourth-order valence-electron chi connectivity index (χ4n) is 1.24. The van der Waals surface area contributed by atoms with Crippen LogP contribution in [0.15, 0.2) is 24.7 Å². The molecule has 0 spiro atoms. The number of aromatic nitrogens is 5. The van der Waals surface area contributed by atoms with Crippen molar-refractivity contribution >= 4 is 17.4 Å². The summed E-state index contributed by atoms with van der Waals surface area (Å²) >= 11 is 5.65. The van der Waals surface area contributed by atoms with Crippen molar-refractivity contribution in [3.8, 4) is 0 Å². The maximum atomic E-state index is 5.65. The van der Waals surface area contributed by atoms with Crippen LogP contribution in [0.5, 0.6) is 0 Å². The zero-order chi connectivity index (χ0) is 11.2. The van der Waals surface area contributed by atoms with Crippen LogP contribution in [-0.2, 0) is 6.54 Å². The zero-order valence-electron chi connectivity index (χ0n) is 8.54. The Balaban J connectivity index is 1.72. The minimum Gasteiger partial charge on any atom is -0.370 e. The maximum absolute atomic E-state index is 5.65. The molecule has 0 aliphatic carbocycles. The van der Waals surface area contributed by atoms with Gasteiger partial charge in [0, 0.05) is 25.5 Å². The molecule has 0 aliphatic rings. The van der Waals surface area contributed by atoms with Crippen LogP contribution in [0.4, 0.5) is 5.82 Å². The molecule has 0 bridgehead atoms. The Morgan fingerprint density at radius 2 is 2.31 bits per heavy atom. The highest BCUT2D eigenvalue weighted by molar-refractivity contribution is 6.28. The average Bonchev–Trinajstić information content (AvgIpc) is 2.77. The molecule has 0 saturated heterocycles. The molecule has 0 saturated carbocycles. The van der Waals surface area contributed by atoms with Gasteiger partial charge in [-0.05, 0) is 24.1 Å². The molecule has 1 N–H and O–H groups in total. The summed E-state index contributed by atoms with van der Waals surface area (Å²) < 4.78 is 1.79. The SMILES string of the molecule is Clc1nccc(NCCCn2ccnn2)n1. The molecule has 6 nitrogen and oxygen atoms in total. The van der Waals surface area contributed by atoms with Gasteiger partial charge in [-0.3, -0.25) is 4.68 Å². The molecule has 0 radical (unpaired) electrons. The van der Waals surface area contributed by atoms with E-state index >= 15 is 0 Å². The maximum Gasteiger partial charge on any atom is 0.224 e. The minimum atomic E-state index is 0.251. The van der Waals surface area contributed by atoms with E-state index in [1.807, 2.05) is 6.20 Å². The molecule has 0 aliphatic heterocycles. The Bertz CT molecular complexity index is 429. The van der Waals surface area contributed by atoms with Crippen LogP contribution in [0.1, 0.15) is 6.42 Å². The first-order valence-corrected chi connectivity index (χ1v) is 5.29. The first kappa shape index (κ1) is 10.8. The molecule has 0 atom stereocenters. The largest absolute Gasteiger partial charge is 0.370 e. The Morgan fingerprint density at radius 1 is 1.38 bits per heavy atom. The monoisotopic (exact) mass is 238 g/mol. The van der Waals surface area contributed by atoms with Crippen LogP contribution >= 0.6 is 11.6 Å². The lowest BCUT2D eigenvalue weighted by atomic mass is 10.4. The van der Waals surface area contributed by atoms with E-state index in [-0.39, 0.29) is 5.28 Å². The van der Waals surface area contributed by atoms with Gasteiger partial charge in [0.1, 0.15) is 5.82 Å². The number of nitrogens with zero attached hydrogens (tertiary/aromatic N) is 5. The zero-order valence-corrected chi connectivity index (χ0v) is 9.30. The Hall–Kier alpha value is -1.69. The van der Waals surface area contributed by atoms with Crippen LogP contribution in [0.25, 0.3) is 0 Å². The highest BCUT2D eigenvalue weighted by Gasteiger charge is 1.96. The summed E-state index contributed by atoms with van der Waals surface area (Å²) in [4.78, 5) is 7.82. The van der Waals surface area contributed by atoms with Crippen molar-refractivity contribution in [1.82, 2.24) is 25.0 Å². The summed E-state index contributed by atoms with van der Waals surface area (Å²) in [5.41, 5.74) is 0. The van der Waals surface area contributed by atoms with E-state index in [1.165, 1.54) is 0 Å². The smallest absolute Gasteiger partial charge is 0.224 e. The molecule has 7 heteroatoms. The van der Waals surface area contributed by atoms with Crippen molar-refractivity contribution in [3.05, 3.63) is 29.9 Å². The van der Waals surface area contributed by atoms with Gasteiger partial charge in [0.15, 0.2) is 0 Å². The van der Waals surface area contributed by atoms with Gasteiger partial charge in [-0.25, -0.2) is 9.97 Å². The van der Waals surface area contributed by atoms with Gasteiger partial charge >= 0.3 is 0 Å². The molecule has 0 aromatic carbocycles. The lowest BCUT2D eigenvalue weighted by Crippen LogP contribution is -2.08. The van der Waals surface area contributed by atoms with Crippen LogP contribution in [0.2, 0.25) is 5.28 Å². The fraction of sp³-hybridized carbons (Fsp3) is 0.333. The van der Waals surface area contributed by atoms with Crippen molar-refractivity contribution in [2.24, 2.45) is 0 Å². The molecule has 2 rings (SSSR count). The van der Waals surface area contributed by atoms with Crippen molar-refractivity contribution in [3.63, 3.8) is 0 Å². The third-order valence-corrected chi connectivity index (χ3v) is 2.15. The van der Waals surface area contributed by atoms with Crippen molar-refractivity contribution in [1.29, 1.82) is 0 Å². The van der Waals surface area contributed by atoms with Crippen LogP contribution in [-0.4, -0.2) is 31.5 Å². The highest BCUT2D eigenvalue weighted by Crippen LogP contribution is 2.05. The van der Waals surface area contributed by atoms with Crippen LogP contribution in [0, 0.1) is 0 Å². The minimum absolute atomic E-state index is 0.251. The molecule has 2 heterocycles. The van der Waals surface area contributed by atoms with E-state index in [1.54, 1.807) is 23.1 Å². The predicted molar refractivity (Wildman–Crippen MR) is 60.2 cm³/mol. The van der Waals surface area contributed by atoms with Gasteiger partial charge in [-0.1, -0.05) is 5.21 Å². The molecule has 2 aromatic rings. The molecule has 16 heavy (non-hydrogen) atoms. The lowest BCUT2D eigenvalue weighted by Gasteiger charge is -2.04. The number of halogens is 1. The van der Waals surface area contributed by atoms with E-state index in [0.717, 1.165) is 25.3 Å². The lowest BCUT2D eigenvalue weighted by molar-refractivity contribution is 0.569. The average molecular weight is 239 g/mol. The van der Waals surface area contributed by atoms with Gasteiger partial charge in [0.2, 0.25) is 5.28 Å². The van der Waals surface area contributed by atoms with Gasteiger partial charge < -0.3 is 5.32 Å². The van der Waals surface area contributed by atoms with Crippen molar-refractivity contribution in [2.45, 2.75) is 13.0 Å². The Kier molecular flexibility index (Phi) is 3.66. The number of rotatable bonds is 5. The van der Waals surface area contributed by atoms with E-state index < -0.39 is 0 Å². The molecule has 0 fully saturated rings. The summed E-state index contributed by atoms with van der Waals surface area (Å²) in [6.07, 6.45) is 6.05. The van der Waals surface area contributed by atoms with Crippen LogP contribution < -0.4 is 5.32 Å². The molecular formula is C9H11ClN6. The van der Waals surface area contributed by atoms with Crippen molar-refractivity contribution < 1.29 is 0 Å². The standard InChI is InChI=1S/C9H11ClN6/c10-9-12-4-2-8(14-9)11-3-1-6-16-7-5-13-15-16/h2,4-5,7H,1,3,6H2,(H,11,12,14). The number of aryl methyl sites for hydroxylation is 1. The number of anilines is 1. The fourth-order valence-corrected chi connectivity index (χ4v) is 1.39. The summed E-state index contributed by atoms with van der Waals surface area (Å²) in [6.45, 7) is 1.62. The highest BCUT2D eigenvalue weighted by atomic mass is 35.5. The first-order chi connectivity index (χ1) is 7.84. The normalized spacial score (nSPS) is 10.3. The van der Waals surface area contributed by atoms with Gasteiger partial charge in [0.25, 0.3) is 0 Å². The third kappa shape index (κ3) is 3.16. The quantitative estimate of drug-likeness (QED) is 0.627. The van der Waals surface area contributed by atoms with E-state index in [2.05, 4.69) is 25.6 Å². The topological polar surface area (TPSA) is 68.5 Å². The third-order valence-electron chi connectivity index (χ3n) is 1.97. The second-order valence-corrected chi connectivity index (χ2v) is 3.50. The van der Waals surface area contributed by atoms with Gasteiger partial charge in [-0.2, -0.15) is 0 Å². The predicted octanol–water partition coefficient (Wildman–Crippen LogP) is 1.22. The van der Waals surface area contributed by atoms with E-state index in [4.69, 9.17) is 11.6 Å². The summed E-state index contributed by atoms with van der Waals surface area (Å²) in [7, 11) is 0. The summed E-state index contributed by atoms with van der Waals surface area (Å²) in [5.74, 6) is 0.735. The molecule has 0 unspecified atom stereocenters. The number of hydrogen-bond donors (Lipinski definition) is 1. The first-order valence-electron chi connectivity index (χ1n) is 4.91.